The lowest BCUT2D eigenvalue weighted by molar-refractivity contribution is 0.217. The Kier molecular flexibility index (Phi) is 8.09. The van der Waals surface area contributed by atoms with Crippen LogP contribution in [0.25, 0.3) is 0 Å². The Labute approximate surface area is 93.4 Å². The summed E-state index contributed by atoms with van der Waals surface area (Å²) >= 11 is 0. The quantitative estimate of drug-likeness (QED) is 0.631. The molecular weight excluding hydrogens is 190 g/mol. The van der Waals surface area contributed by atoms with E-state index in [0.29, 0.717) is 12.6 Å². The molecule has 0 bridgehead atoms. The van der Waals surface area contributed by atoms with Gasteiger partial charge in [-0.2, -0.15) is 0 Å². The first-order valence-electron chi connectivity index (χ1n) is 5.76. The van der Waals surface area contributed by atoms with Crippen molar-refractivity contribution in [1.29, 1.82) is 0 Å². The maximum absolute atomic E-state index is 11.1. The maximum atomic E-state index is 11.1. The van der Waals surface area contributed by atoms with Crippen molar-refractivity contribution in [3.05, 3.63) is 0 Å². The van der Waals surface area contributed by atoms with Gasteiger partial charge in [0, 0.05) is 33.2 Å². The van der Waals surface area contributed by atoms with Gasteiger partial charge in [0.1, 0.15) is 0 Å². The van der Waals surface area contributed by atoms with E-state index in [9.17, 15) is 4.79 Å². The summed E-state index contributed by atoms with van der Waals surface area (Å²) in [6, 6.07) is 0.513. The van der Waals surface area contributed by atoms with Crippen molar-refractivity contribution in [2.24, 2.45) is 0 Å². The average Bonchev–Trinajstić information content (AvgIpc) is 2.20. The van der Waals surface area contributed by atoms with Gasteiger partial charge in [0.2, 0.25) is 0 Å². The van der Waals surface area contributed by atoms with Crippen molar-refractivity contribution in [3.8, 4) is 0 Å². The molecule has 2 amide bonds. The SMILES string of the molecule is CCCCC(C)NCCNC(=O)N(C)C. The van der Waals surface area contributed by atoms with E-state index in [0.717, 1.165) is 6.54 Å². The monoisotopic (exact) mass is 215 g/mol. The van der Waals surface area contributed by atoms with E-state index in [1.54, 1.807) is 19.0 Å². The fourth-order valence-electron chi connectivity index (χ4n) is 1.26. The first kappa shape index (κ1) is 14.2. The molecule has 0 aliphatic carbocycles. The van der Waals surface area contributed by atoms with Crippen molar-refractivity contribution < 1.29 is 4.79 Å². The number of nitrogens with zero attached hydrogens (tertiary/aromatic N) is 1. The van der Waals surface area contributed by atoms with Crippen LogP contribution in [0.1, 0.15) is 33.1 Å². The predicted molar refractivity (Wildman–Crippen MR) is 64.1 cm³/mol. The smallest absolute Gasteiger partial charge is 0.316 e. The lowest BCUT2D eigenvalue weighted by atomic mass is 10.1. The summed E-state index contributed by atoms with van der Waals surface area (Å²) in [6.07, 6.45) is 3.71. The number of carbonyl (C=O) groups is 1. The Morgan fingerprint density at radius 2 is 2.00 bits per heavy atom. The van der Waals surface area contributed by atoms with Gasteiger partial charge in [0.15, 0.2) is 0 Å². The van der Waals surface area contributed by atoms with E-state index in [2.05, 4.69) is 24.5 Å². The van der Waals surface area contributed by atoms with Gasteiger partial charge in [-0.15, -0.1) is 0 Å². The number of hydrogen-bond acceptors (Lipinski definition) is 2. The maximum Gasteiger partial charge on any atom is 0.316 e. The minimum absolute atomic E-state index is 0.0296. The Morgan fingerprint density at radius 3 is 2.53 bits per heavy atom. The largest absolute Gasteiger partial charge is 0.337 e. The molecule has 0 heterocycles. The molecule has 1 atom stereocenters. The van der Waals surface area contributed by atoms with E-state index in [4.69, 9.17) is 0 Å². The van der Waals surface area contributed by atoms with Crippen LogP contribution in [0, 0.1) is 0 Å². The number of urea groups is 1. The summed E-state index contributed by atoms with van der Waals surface area (Å²) in [7, 11) is 3.49. The van der Waals surface area contributed by atoms with Crippen LogP contribution in [0.3, 0.4) is 0 Å². The Hall–Kier alpha value is -0.770. The molecule has 0 aliphatic rings. The summed E-state index contributed by atoms with van der Waals surface area (Å²) in [4.78, 5) is 12.7. The summed E-state index contributed by atoms with van der Waals surface area (Å²) < 4.78 is 0. The standard InChI is InChI=1S/C11H25N3O/c1-5-6-7-10(2)12-8-9-13-11(15)14(3)4/h10,12H,5-9H2,1-4H3,(H,13,15). The average molecular weight is 215 g/mol. The van der Waals surface area contributed by atoms with E-state index >= 15 is 0 Å². The zero-order valence-corrected chi connectivity index (χ0v) is 10.5. The van der Waals surface area contributed by atoms with E-state index in [-0.39, 0.29) is 6.03 Å². The van der Waals surface area contributed by atoms with Gasteiger partial charge in [-0.25, -0.2) is 4.79 Å². The van der Waals surface area contributed by atoms with Gasteiger partial charge in [0.25, 0.3) is 0 Å². The highest BCUT2D eigenvalue weighted by atomic mass is 16.2. The number of rotatable bonds is 7. The van der Waals surface area contributed by atoms with Crippen LogP contribution in [0.4, 0.5) is 4.79 Å². The molecule has 0 saturated heterocycles. The third-order valence-electron chi connectivity index (χ3n) is 2.29. The van der Waals surface area contributed by atoms with Gasteiger partial charge < -0.3 is 15.5 Å². The highest BCUT2D eigenvalue weighted by molar-refractivity contribution is 5.73. The van der Waals surface area contributed by atoms with Crippen LogP contribution in [-0.4, -0.2) is 44.2 Å². The highest BCUT2D eigenvalue weighted by Crippen LogP contribution is 1.98. The number of unbranched alkanes of at least 4 members (excludes halogenated alkanes) is 1. The molecule has 4 heteroatoms. The molecule has 0 spiro atoms. The van der Waals surface area contributed by atoms with Crippen LogP contribution in [0.15, 0.2) is 0 Å². The molecule has 0 aromatic rings. The van der Waals surface area contributed by atoms with Crippen molar-refractivity contribution >= 4 is 6.03 Å². The molecule has 1 unspecified atom stereocenters. The first-order valence-corrected chi connectivity index (χ1v) is 5.76. The summed E-state index contributed by atoms with van der Waals surface area (Å²) in [5.74, 6) is 0. The van der Waals surface area contributed by atoms with Crippen LogP contribution >= 0.6 is 0 Å². The summed E-state index contributed by atoms with van der Waals surface area (Å²) in [5.41, 5.74) is 0. The molecule has 0 saturated carbocycles. The molecule has 15 heavy (non-hydrogen) atoms. The Morgan fingerprint density at radius 1 is 1.33 bits per heavy atom. The molecule has 0 radical (unpaired) electrons. The van der Waals surface area contributed by atoms with Crippen LogP contribution < -0.4 is 10.6 Å². The molecule has 0 aromatic heterocycles. The molecule has 2 N–H and O–H groups in total. The topological polar surface area (TPSA) is 44.4 Å². The zero-order valence-electron chi connectivity index (χ0n) is 10.5. The third kappa shape index (κ3) is 8.24. The zero-order chi connectivity index (χ0) is 11.7. The number of nitrogens with one attached hydrogen (secondary N) is 2. The molecule has 0 aromatic carbocycles. The van der Waals surface area contributed by atoms with Crippen molar-refractivity contribution in [3.63, 3.8) is 0 Å². The minimum atomic E-state index is -0.0296. The Balaban J connectivity index is 3.34. The van der Waals surface area contributed by atoms with E-state index in [1.165, 1.54) is 19.3 Å². The molecular formula is C11H25N3O. The summed E-state index contributed by atoms with van der Waals surface area (Å²) in [5, 5.41) is 6.20. The van der Waals surface area contributed by atoms with E-state index < -0.39 is 0 Å². The van der Waals surface area contributed by atoms with Crippen LogP contribution in [0.5, 0.6) is 0 Å². The van der Waals surface area contributed by atoms with Gasteiger partial charge in [-0.05, 0) is 13.3 Å². The molecule has 0 rings (SSSR count). The van der Waals surface area contributed by atoms with Crippen molar-refractivity contribution in [2.45, 2.75) is 39.2 Å². The lowest BCUT2D eigenvalue weighted by Gasteiger charge is -2.15. The summed E-state index contributed by atoms with van der Waals surface area (Å²) in [6.45, 7) is 5.91. The Bertz CT molecular complexity index is 171. The number of carbonyl (C=O) groups excluding carboxylic acids is 1. The van der Waals surface area contributed by atoms with E-state index in [1.807, 2.05) is 0 Å². The van der Waals surface area contributed by atoms with Gasteiger partial charge >= 0.3 is 6.03 Å². The fourth-order valence-corrected chi connectivity index (χ4v) is 1.26. The molecule has 4 nitrogen and oxygen atoms in total. The number of amides is 2. The molecule has 0 aliphatic heterocycles. The fraction of sp³-hybridized carbons (Fsp3) is 0.909. The van der Waals surface area contributed by atoms with Gasteiger partial charge in [-0.1, -0.05) is 19.8 Å². The second-order valence-corrected chi connectivity index (χ2v) is 4.12. The second kappa shape index (κ2) is 8.53. The highest BCUT2D eigenvalue weighted by Gasteiger charge is 2.02. The minimum Gasteiger partial charge on any atom is -0.337 e. The van der Waals surface area contributed by atoms with Crippen molar-refractivity contribution in [1.82, 2.24) is 15.5 Å². The third-order valence-corrected chi connectivity index (χ3v) is 2.29. The van der Waals surface area contributed by atoms with Gasteiger partial charge in [0.05, 0.1) is 0 Å². The van der Waals surface area contributed by atoms with Crippen LogP contribution in [0.2, 0.25) is 0 Å². The van der Waals surface area contributed by atoms with Crippen LogP contribution in [-0.2, 0) is 0 Å². The van der Waals surface area contributed by atoms with Gasteiger partial charge in [-0.3, -0.25) is 0 Å². The molecule has 90 valence electrons. The first-order chi connectivity index (χ1) is 7.07. The second-order valence-electron chi connectivity index (χ2n) is 4.12. The number of hydrogen-bond donors (Lipinski definition) is 2. The predicted octanol–water partition coefficient (Wildman–Crippen LogP) is 1.43. The normalized spacial score (nSPS) is 12.3. The van der Waals surface area contributed by atoms with Crippen molar-refractivity contribution in [2.75, 3.05) is 27.2 Å². The molecule has 0 fully saturated rings. The lowest BCUT2D eigenvalue weighted by Crippen LogP contribution is -2.40.